The molecular weight excluding hydrogens is 436 g/mol. The molecule has 1 fully saturated rings. The van der Waals surface area contributed by atoms with Gasteiger partial charge >= 0.3 is 23.9 Å². The summed E-state index contributed by atoms with van der Waals surface area (Å²) in [4.78, 5) is 64.2. The van der Waals surface area contributed by atoms with Crippen LogP contribution in [0.15, 0.2) is 10.2 Å². The van der Waals surface area contributed by atoms with Gasteiger partial charge in [0.2, 0.25) is 0 Å². The third kappa shape index (κ3) is 5.85. The Morgan fingerprint density at radius 3 is 2.09 bits per heavy atom. The van der Waals surface area contributed by atoms with Crippen molar-refractivity contribution in [2.45, 2.75) is 50.8 Å². The van der Waals surface area contributed by atoms with E-state index in [9.17, 15) is 24.0 Å². The van der Waals surface area contributed by atoms with Crippen molar-refractivity contribution < 1.29 is 47.7 Å². The lowest BCUT2D eigenvalue weighted by atomic mass is 9.84. The molecule has 1 aliphatic rings. The van der Waals surface area contributed by atoms with E-state index in [2.05, 4.69) is 24.8 Å². The van der Waals surface area contributed by atoms with Gasteiger partial charge in [-0.15, -0.1) is 0 Å². The summed E-state index contributed by atoms with van der Waals surface area (Å²) in [6, 6.07) is -1.92. The molecule has 0 saturated carbocycles. The third-order valence-corrected chi connectivity index (χ3v) is 4.20. The van der Waals surface area contributed by atoms with Crippen LogP contribution in [-0.2, 0) is 47.7 Å². The highest BCUT2D eigenvalue weighted by Crippen LogP contribution is 2.40. The van der Waals surface area contributed by atoms with Crippen molar-refractivity contribution in [2.24, 2.45) is 16.1 Å². The minimum absolute atomic E-state index is 0.265. The van der Waals surface area contributed by atoms with Crippen LogP contribution in [0.5, 0.6) is 0 Å². The average molecular weight is 456 g/mol. The minimum Gasteiger partial charge on any atom is -0.467 e. The Morgan fingerprint density at radius 2 is 1.66 bits per heavy atom. The number of hydrogen-bond donors (Lipinski definition) is 0. The number of azide groups is 2. The maximum Gasteiger partial charge on any atom is 0.345 e. The van der Waals surface area contributed by atoms with Crippen molar-refractivity contribution in [3.05, 3.63) is 20.9 Å². The van der Waals surface area contributed by atoms with Gasteiger partial charge in [0.05, 0.1) is 13.0 Å². The second kappa shape index (κ2) is 11.5. The van der Waals surface area contributed by atoms with Crippen molar-refractivity contribution in [3.8, 4) is 0 Å². The molecule has 0 bridgehead atoms. The predicted molar refractivity (Wildman–Crippen MR) is 99.0 cm³/mol. The Bertz CT molecular complexity index is 867. The molecule has 1 saturated heterocycles. The molecule has 1 aliphatic heterocycles. The first-order chi connectivity index (χ1) is 15.1. The zero-order valence-corrected chi connectivity index (χ0v) is 17.4. The van der Waals surface area contributed by atoms with Crippen molar-refractivity contribution >= 4 is 30.2 Å². The molecule has 0 amide bonds. The second-order valence-electron chi connectivity index (χ2n) is 6.36. The van der Waals surface area contributed by atoms with Gasteiger partial charge in [-0.1, -0.05) is 5.11 Å². The standard InChI is InChI=1S/C16H20N6O10/c1-7(24)29-6-10(5-23)11-12(30-8(2)25)13(31-9(3)26)14(19-21-17)16(32-11,20-22-18)15(27)28-4/h5,10-14H,6H2,1-4H3/t10?,11?,12-,13?,14?,16-/m0/s1. The van der Waals surface area contributed by atoms with Crippen molar-refractivity contribution in [3.63, 3.8) is 0 Å². The van der Waals surface area contributed by atoms with E-state index >= 15 is 0 Å². The van der Waals surface area contributed by atoms with Gasteiger partial charge in [0.1, 0.15) is 25.0 Å². The fourth-order valence-electron chi connectivity index (χ4n) is 3.04. The van der Waals surface area contributed by atoms with Gasteiger partial charge in [-0.3, -0.25) is 14.4 Å². The van der Waals surface area contributed by atoms with Gasteiger partial charge in [0.15, 0.2) is 12.2 Å². The Hall–Kier alpha value is -3.87. The van der Waals surface area contributed by atoms with E-state index in [0.29, 0.717) is 0 Å². The molecule has 0 aromatic heterocycles. The second-order valence-corrected chi connectivity index (χ2v) is 6.36. The largest absolute Gasteiger partial charge is 0.467 e. The molecule has 174 valence electrons. The summed E-state index contributed by atoms with van der Waals surface area (Å²) in [5.74, 6) is -5.44. The molecule has 1 rings (SSSR count). The number of hydrogen-bond acceptors (Lipinski definition) is 12. The Kier molecular flexibility index (Phi) is 9.41. The monoisotopic (exact) mass is 456 g/mol. The fraction of sp³-hybridized carbons (Fsp3) is 0.688. The number of rotatable bonds is 9. The number of carbonyl (C=O) groups excluding carboxylic acids is 5. The summed E-state index contributed by atoms with van der Waals surface area (Å²) < 4.78 is 25.3. The lowest BCUT2D eigenvalue weighted by Crippen LogP contribution is -2.69. The molecule has 0 aliphatic carbocycles. The molecular formula is C16H20N6O10. The van der Waals surface area contributed by atoms with Gasteiger partial charge in [0, 0.05) is 30.6 Å². The van der Waals surface area contributed by atoms with Crippen LogP contribution in [0.25, 0.3) is 20.9 Å². The maximum absolute atomic E-state index is 12.6. The number of aldehydes is 1. The zero-order chi connectivity index (χ0) is 24.5. The molecule has 16 heteroatoms. The van der Waals surface area contributed by atoms with E-state index in [1.54, 1.807) is 0 Å². The molecule has 16 nitrogen and oxygen atoms in total. The molecule has 0 N–H and O–H groups in total. The molecule has 6 atom stereocenters. The van der Waals surface area contributed by atoms with Crippen molar-refractivity contribution in [1.82, 2.24) is 0 Å². The topological polar surface area (TPSA) is 229 Å². The SMILES string of the molecule is COC(=O)[C@@]1(N=[N+]=[N-])OC(C(C=O)COC(C)=O)[C@H](OC(C)=O)C(OC(C)=O)C1N=[N+]=[N-]. The Labute approximate surface area is 180 Å². The Morgan fingerprint density at radius 1 is 1.06 bits per heavy atom. The predicted octanol–water partition coefficient (Wildman–Crippen LogP) is 0.485. The van der Waals surface area contributed by atoms with E-state index in [1.165, 1.54) is 0 Å². The number of ether oxygens (including phenoxy) is 5. The first kappa shape index (κ1) is 26.2. The number of methoxy groups -OCH3 is 1. The molecule has 0 aromatic carbocycles. The Balaban J connectivity index is 3.82. The molecule has 4 unspecified atom stereocenters. The van der Waals surface area contributed by atoms with Crippen molar-refractivity contribution in [1.29, 1.82) is 0 Å². The summed E-state index contributed by atoms with van der Waals surface area (Å²) in [5.41, 5.74) is 15.3. The quantitative estimate of drug-likeness (QED) is 0.116. The first-order valence-corrected chi connectivity index (χ1v) is 8.87. The molecule has 1 heterocycles. The van der Waals surface area contributed by atoms with Crippen LogP contribution < -0.4 is 0 Å². The van der Waals surface area contributed by atoms with Gasteiger partial charge in [0.25, 0.3) is 5.72 Å². The van der Waals surface area contributed by atoms with E-state index in [0.717, 1.165) is 27.9 Å². The highest BCUT2D eigenvalue weighted by molar-refractivity contribution is 5.81. The number of nitrogens with zero attached hydrogens (tertiary/aromatic N) is 6. The molecule has 32 heavy (non-hydrogen) atoms. The smallest absolute Gasteiger partial charge is 0.345 e. The van der Waals surface area contributed by atoms with Crippen molar-refractivity contribution in [2.75, 3.05) is 13.7 Å². The van der Waals surface area contributed by atoms with Gasteiger partial charge in [-0.25, -0.2) is 4.79 Å². The fourth-order valence-corrected chi connectivity index (χ4v) is 3.04. The van der Waals surface area contributed by atoms with Crippen LogP contribution in [-0.4, -0.2) is 74.0 Å². The van der Waals surface area contributed by atoms with Crippen LogP contribution in [0.4, 0.5) is 0 Å². The lowest BCUT2D eigenvalue weighted by Gasteiger charge is -2.48. The van der Waals surface area contributed by atoms with Crippen LogP contribution in [0, 0.1) is 5.92 Å². The van der Waals surface area contributed by atoms with E-state index in [4.69, 9.17) is 30.0 Å². The molecule has 0 radical (unpaired) electrons. The third-order valence-electron chi connectivity index (χ3n) is 4.20. The van der Waals surface area contributed by atoms with Gasteiger partial charge < -0.3 is 28.5 Å². The van der Waals surface area contributed by atoms with Crippen LogP contribution in [0.1, 0.15) is 20.8 Å². The maximum atomic E-state index is 12.6. The summed E-state index contributed by atoms with van der Waals surface area (Å²) in [7, 11) is 0.900. The molecule has 0 spiro atoms. The van der Waals surface area contributed by atoms with Crippen LogP contribution in [0.3, 0.4) is 0 Å². The van der Waals surface area contributed by atoms with Crippen LogP contribution in [0.2, 0.25) is 0 Å². The summed E-state index contributed by atoms with van der Waals surface area (Å²) in [6.07, 6.45) is -4.82. The summed E-state index contributed by atoms with van der Waals surface area (Å²) in [5, 5.41) is 6.64. The highest BCUT2D eigenvalue weighted by Gasteiger charge is 2.63. The highest BCUT2D eigenvalue weighted by atomic mass is 16.6. The lowest BCUT2D eigenvalue weighted by molar-refractivity contribution is -0.253. The molecule has 0 aromatic rings. The zero-order valence-electron chi connectivity index (χ0n) is 17.4. The summed E-state index contributed by atoms with van der Waals surface area (Å²) >= 11 is 0. The minimum atomic E-state index is -2.77. The first-order valence-electron chi connectivity index (χ1n) is 8.87. The normalized spacial score (nSPS) is 27.4. The van der Waals surface area contributed by atoms with Gasteiger partial charge in [-0.05, 0) is 16.2 Å². The van der Waals surface area contributed by atoms with E-state index in [1.807, 2.05) is 0 Å². The van der Waals surface area contributed by atoms with Gasteiger partial charge in [-0.2, -0.15) is 0 Å². The summed E-state index contributed by atoms with van der Waals surface area (Å²) in [6.45, 7) is 2.41. The number of esters is 4. The average Bonchev–Trinajstić information content (AvgIpc) is 2.71. The van der Waals surface area contributed by atoms with E-state index in [-0.39, 0.29) is 6.29 Å². The van der Waals surface area contributed by atoms with E-state index < -0.39 is 66.5 Å². The number of carbonyl (C=O) groups is 5. The van der Waals surface area contributed by atoms with Crippen LogP contribution >= 0.6 is 0 Å².